The van der Waals surface area contributed by atoms with E-state index in [0.717, 1.165) is 11.1 Å². The molecule has 0 fully saturated rings. The van der Waals surface area contributed by atoms with Crippen LogP contribution in [0.25, 0.3) is 22.5 Å². The van der Waals surface area contributed by atoms with Gasteiger partial charge in [0.2, 0.25) is 0 Å². The molecule has 0 aliphatic rings. The molecule has 1 aromatic heterocycles. The van der Waals surface area contributed by atoms with Crippen LogP contribution in [0.15, 0.2) is 53.3 Å². The van der Waals surface area contributed by atoms with Gasteiger partial charge in [-0.25, -0.2) is 4.79 Å². The standard InChI is InChI=1S/C22H23N3O5/c1-14-11-16(5-8-20(14)26)19-12-18(24-22(28)25-19)15-3-6-17(7-4-15)30-13-21(27)23-9-10-29-2/h3-8,11-12,26H,9-10,13H2,1-2H3,(H,23,27)(H,24,25,28). The molecule has 3 aromatic rings. The average molecular weight is 409 g/mol. The Kier molecular flexibility index (Phi) is 6.82. The van der Waals surface area contributed by atoms with Crippen LogP contribution in [0.3, 0.4) is 0 Å². The van der Waals surface area contributed by atoms with Crippen molar-refractivity contribution in [1.29, 1.82) is 0 Å². The van der Waals surface area contributed by atoms with Gasteiger partial charge in [-0.1, -0.05) is 0 Å². The SMILES string of the molecule is COCCNC(=O)COc1ccc(-c2cc(-c3ccc(O)c(C)c3)nc(=O)[nH]2)cc1. The number of aryl methyl sites for hydroxylation is 1. The Morgan fingerprint density at radius 3 is 2.57 bits per heavy atom. The second kappa shape index (κ2) is 9.71. The Bertz CT molecular complexity index is 1080. The molecule has 0 aliphatic carbocycles. The molecule has 3 N–H and O–H groups in total. The summed E-state index contributed by atoms with van der Waals surface area (Å²) in [5.74, 6) is 0.488. The van der Waals surface area contributed by atoms with Crippen LogP contribution in [0.2, 0.25) is 0 Å². The first-order valence-electron chi connectivity index (χ1n) is 9.36. The number of nitrogens with zero attached hydrogens (tertiary/aromatic N) is 1. The van der Waals surface area contributed by atoms with Crippen LogP contribution in [0.5, 0.6) is 11.5 Å². The van der Waals surface area contributed by atoms with Crippen molar-refractivity contribution in [3.05, 3.63) is 64.6 Å². The highest BCUT2D eigenvalue weighted by Crippen LogP contribution is 2.26. The van der Waals surface area contributed by atoms with Crippen molar-refractivity contribution in [3.63, 3.8) is 0 Å². The van der Waals surface area contributed by atoms with Crippen molar-refractivity contribution in [3.8, 4) is 34.0 Å². The monoisotopic (exact) mass is 409 g/mol. The second-order valence-corrected chi connectivity index (χ2v) is 6.64. The highest BCUT2D eigenvalue weighted by molar-refractivity contribution is 5.77. The molecular formula is C22H23N3O5. The zero-order valence-corrected chi connectivity index (χ0v) is 16.8. The summed E-state index contributed by atoms with van der Waals surface area (Å²) < 4.78 is 10.3. The lowest BCUT2D eigenvalue weighted by Crippen LogP contribution is -2.31. The number of phenols is 1. The van der Waals surface area contributed by atoms with Crippen molar-refractivity contribution in [2.24, 2.45) is 0 Å². The molecule has 1 amide bonds. The van der Waals surface area contributed by atoms with Gasteiger partial charge in [0.1, 0.15) is 11.5 Å². The van der Waals surface area contributed by atoms with E-state index >= 15 is 0 Å². The van der Waals surface area contributed by atoms with E-state index in [0.29, 0.717) is 35.9 Å². The Labute approximate surface area is 173 Å². The second-order valence-electron chi connectivity index (χ2n) is 6.64. The molecule has 0 saturated carbocycles. The zero-order valence-electron chi connectivity index (χ0n) is 16.8. The summed E-state index contributed by atoms with van der Waals surface area (Å²) in [5, 5.41) is 12.4. The molecule has 0 radical (unpaired) electrons. The molecule has 8 nitrogen and oxygen atoms in total. The Hall–Kier alpha value is -3.65. The van der Waals surface area contributed by atoms with E-state index in [1.54, 1.807) is 62.6 Å². The maximum Gasteiger partial charge on any atom is 0.345 e. The maximum absolute atomic E-state index is 12.1. The van der Waals surface area contributed by atoms with Crippen LogP contribution in [-0.2, 0) is 9.53 Å². The number of methoxy groups -OCH3 is 1. The largest absolute Gasteiger partial charge is 0.508 e. The van der Waals surface area contributed by atoms with Gasteiger partial charge in [-0.15, -0.1) is 0 Å². The van der Waals surface area contributed by atoms with Crippen molar-refractivity contribution in [2.75, 3.05) is 26.9 Å². The minimum Gasteiger partial charge on any atom is -0.508 e. The van der Waals surface area contributed by atoms with Gasteiger partial charge < -0.3 is 24.9 Å². The summed E-state index contributed by atoms with van der Waals surface area (Å²) in [6.07, 6.45) is 0. The van der Waals surface area contributed by atoms with E-state index in [4.69, 9.17) is 9.47 Å². The van der Waals surface area contributed by atoms with Crippen LogP contribution >= 0.6 is 0 Å². The van der Waals surface area contributed by atoms with Crippen molar-refractivity contribution in [1.82, 2.24) is 15.3 Å². The number of hydrogen-bond acceptors (Lipinski definition) is 6. The minimum absolute atomic E-state index is 0.0977. The zero-order chi connectivity index (χ0) is 21.5. The molecule has 0 unspecified atom stereocenters. The van der Waals surface area contributed by atoms with Crippen LogP contribution in [0.4, 0.5) is 0 Å². The average Bonchev–Trinajstić information content (AvgIpc) is 2.74. The summed E-state index contributed by atoms with van der Waals surface area (Å²) >= 11 is 0. The van der Waals surface area contributed by atoms with Gasteiger partial charge in [0.05, 0.1) is 18.0 Å². The number of ether oxygens (including phenoxy) is 2. The number of phenolic OH excluding ortho intramolecular Hbond substituents is 1. The predicted octanol–water partition coefficient (Wildman–Crippen LogP) is 2.26. The number of rotatable bonds is 8. The lowest BCUT2D eigenvalue weighted by molar-refractivity contribution is -0.123. The number of nitrogens with one attached hydrogen (secondary N) is 2. The van der Waals surface area contributed by atoms with E-state index in [-0.39, 0.29) is 18.3 Å². The molecule has 0 aliphatic heterocycles. The molecule has 8 heteroatoms. The van der Waals surface area contributed by atoms with Crippen LogP contribution < -0.4 is 15.7 Å². The third-order valence-corrected chi connectivity index (χ3v) is 4.40. The maximum atomic E-state index is 12.1. The highest BCUT2D eigenvalue weighted by atomic mass is 16.5. The topological polar surface area (TPSA) is 114 Å². The molecule has 0 saturated heterocycles. The van der Waals surface area contributed by atoms with Crippen LogP contribution in [0.1, 0.15) is 5.56 Å². The molecule has 3 rings (SSSR count). The number of aromatic amines is 1. The number of aromatic nitrogens is 2. The number of carbonyl (C=O) groups excluding carboxylic acids is 1. The predicted molar refractivity (Wildman–Crippen MR) is 113 cm³/mol. The van der Waals surface area contributed by atoms with Crippen LogP contribution in [-0.4, -0.2) is 47.8 Å². The van der Waals surface area contributed by atoms with E-state index in [9.17, 15) is 14.7 Å². The summed E-state index contributed by atoms with van der Waals surface area (Å²) in [7, 11) is 1.56. The van der Waals surface area contributed by atoms with Gasteiger partial charge in [0.15, 0.2) is 6.61 Å². The fourth-order valence-corrected chi connectivity index (χ4v) is 2.80. The summed E-state index contributed by atoms with van der Waals surface area (Å²) in [6, 6.07) is 13.8. The fraction of sp³-hybridized carbons (Fsp3) is 0.227. The third-order valence-electron chi connectivity index (χ3n) is 4.40. The van der Waals surface area contributed by atoms with Crippen molar-refractivity contribution in [2.45, 2.75) is 6.92 Å². The van der Waals surface area contributed by atoms with Gasteiger partial charge in [0.25, 0.3) is 5.91 Å². The lowest BCUT2D eigenvalue weighted by atomic mass is 10.1. The molecule has 2 aromatic carbocycles. The fourth-order valence-electron chi connectivity index (χ4n) is 2.80. The van der Waals surface area contributed by atoms with Crippen molar-refractivity contribution < 1.29 is 19.4 Å². The van der Waals surface area contributed by atoms with Gasteiger partial charge in [-0.3, -0.25) is 4.79 Å². The van der Waals surface area contributed by atoms with Crippen LogP contribution in [0, 0.1) is 6.92 Å². The van der Waals surface area contributed by atoms with E-state index < -0.39 is 5.69 Å². The minimum atomic E-state index is -0.471. The molecular weight excluding hydrogens is 386 g/mol. The van der Waals surface area contributed by atoms with E-state index in [1.807, 2.05) is 0 Å². The number of H-pyrrole nitrogens is 1. The number of carbonyl (C=O) groups is 1. The Morgan fingerprint density at radius 1 is 1.13 bits per heavy atom. The summed E-state index contributed by atoms with van der Waals surface area (Å²) in [6.45, 7) is 2.55. The molecule has 30 heavy (non-hydrogen) atoms. The quantitative estimate of drug-likeness (QED) is 0.492. The molecule has 0 spiro atoms. The van der Waals surface area contributed by atoms with Gasteiger partial charge >= 0.3 is 5.69 Å². The van der Waals surface area contributed by atoms with E-state index in [1.165, 1.54) is 0 Å². The van der Waals surface area contributed by atoms with Crippen molar-refractivity contribution >= 4 is 5.91 Å². The normalized spacial score (nSPS) is 10.6. The van der Waals surface area contributed by atoms with E-state index in [2.05, 4.69) is 15.3 Å². The number of benzene rings is 2. The number of hydrogen-bond donors (Lipinski definition) is 3. The Morgan fingerprint density at radius 2 is 1.87 bits per heavy atom. The van der Waals surface area contributed by atoms with Gasteiger partial charge in [-0.2, -0.15) is 4.98 Å². The lowest BCUT2D eigenvalue weighted by Gasteiger charge is -2.09. The first-order chi connectivity index (χ1) is 14.5. The first kappa shape index (κ1) is 21.1. The smallest absolute Gasteiger partial charge is 0.345 e. The summed E-state index contributed by atoms with van der Waals surface area (Å²) in [5.41, 5.74) is 2.83. The van der Waals surface area contributed by atoms with Gasteiger partial charge in [-0.05, 0) is 66.6 Å². The summed E-state index contributed by atoms with van der Waals surface area (Å²) in [4.78, 5) is 30.5. The molecule has 0 atom stereocenters. The third kappa shape index (κ3) is 5.45. The molecule has 0 bridgehead atoms. The van der Waals surface area contributed by atoms with Gasteiger partial charge in [0, 0.05) is 19.2 Å². The highest BCUT2D eigenvalue weighted by Gasteiger charge is 2.08. The molecule has 1 heterocycles. The first-order valence-corrected chi connectivity index (χ1v) is 9.36. The molecule has 156 valence electrons. The number of aromatic hydroxyl groups is 1. The Balaban J connectivity index is 1.73. The number of amides is 1.